The van der Waals surface area contributed by atoms with E-state index in [4.69, 9.17) is 10.5 Å². The van der Waals surface area contributed by atoms with Crippen LogP contribution in [0.15, 0.2) is 0 Å². The quantitative estimate of drug-likeness (QED) is 0.817. The van der Waals surface area contributed by atoms with Gasteiger partial charge in [-0.3, -0.25) is 0 Å². The Balaban J connectivity index is 1.98. The number of hydrogen-bond acceptors (Lipinski definition) is 4. The van der Waals surface area contributed by atoms with Crippen molar-refractivity contribution in [2.45, 2.75) is 44.2 Å². The normalized spacial score (nSPS) is 39.1. The second-order valence-corrected chi connectivity index (χ2v) is 7.81. The second kappa shape index (κ2) is 5.07. The standard InChI is InChI=1S/C12H24N2O3S/c1-10-12(13,5-7-17-10)8-11-4-3-6-14(9-11)18(2,15)16/h10-11H,3-9,13H2,1-2H3. The Morgan fingerprint density at radius 3 is 2.78 bits per heavy atom. The van der Waals surface area contributed by atoms with E-state index in [2.05, 4.69) is 0 Å². The molecule has 3 unspecified atom stereocenters. The molecule has 2 saturated heterocycles. The van der Waals surface area contributed by atoms with Crippen molar-refractivity contribution in [1.29, 1.82) is 0 Å². The lowest BCUT2D eigenvalue weighted by Crippen LogP contribution is -2.50. The molecule has 5 nitrogen and oxygen atoms in total. The average Bonchev–Trinajstić information content (AvgIpc) is 2.58. The first-order chi connectivity index (χ1) is 8.31. The molecule has 0 aliphatic carbocycles. The van der Waals surface area contributed by atoms with Crippen LogP contribution in [0.5, 0.6) is 0 Å². The molecule has 0 spiro atoms. The summed E-state index contributed by atoms with van der Waals surface area (Å²) in [7, 11) is -3.06. The van der Waals surface area contributed by atoms with Gasteiger partial charge in [0.2, 0.25) is 10.0 Å². The number of nitrogens with two attached hydrogens (primary N) is 1. The van der Waals surface area contributed by atoms with Crippen molar-refractivity contribution >= 4 is 10.0 Å². The summed E-state index contributed by atoms with van der Waals surface area (Å²) < 4.78 is 30.3. The van der Waals surface area contributed by atoms with Crippen molar-refractivity contribution in [3.8, 4) is 0 Å². The Labute approximate surface area is 110 Å². The van der Waals surface area contributed by atoms with Crippen LogP contribution in [0.4, 0.5) is 0 Å². The summed E-state index contributed by atoms with van der Waals surface area (Å²) in [6.07, 6.45) is 5.10. The minimum Gasteiger partial charge on any atom is -0.377 e. The number of piperidine rings is 1. The molecule has 3 atom stereocenters. The van der Waals surface area contributed by atoms with Gasteiger partial charge in [0.1, 0.15) is 0 Å². The summed E-state index contributed by atoms with van der Waals surface area (Å²) in [6, 6.07) is 0. The van der Waals surface area contributed by atoms with E-state index in [1.807, 2.05) is 6.92 Å². The van der Waals surface area contributed by atoms with Crippen LogP contribution >= 0.6 is 0 Å². The fourth-order valence-electron chi connectivity index (χ4n) is 3.10. The number of sulfonamides is 1. The first kappa shape index (κ1) is 14.2. The molecule has 2 heterocycles. The van der Waals surface area contributed by atoms with Gasteiger partial charge in [0.15, 0.2) is 0 Å². The van der Waals surface area contributed by atoms with Crippen LogP contribution in [0, 0.1) is 5.92 Å². The molecule has 2 rings (SSSR count). The monoisotopic (exact) mass is 276 g/mol. The molecule has 2 aliphatic rings. The Kier molecular flexibility index (Phi) is 4.02. The Bertz CT molecular complexity index is 398. The van der Waals surface area contributed by atoms with Crippen LogP contribution in [0.3, 0.4) is 0 Å². The van der Waals surface area contributed by atoms with E-state index in [0.29, 0.717) is 19.0 Å². The molecule has 0 saturated carbocycles. The van der Waals surface area contributed by atoms with Gasteiger partial charge in [-0.2, -0.15) is 0 Å². The molecule has 2 aliphatic heterocycles. The topological polar surface area (TPSA) is 72.6 Å². The molecule has 0 radical (unpaired) electrons. The zero-order chi connectivity index (χ0) is 13.4. The average molecular weight is 276 g/mol. The maximum absolute atomic E-state index is 11.6. The van der Waals surface area contributed by atoms with Crippen molar-refractivity contribution in [3.05, 3.63) is 0 Å². The van der Waals surface area contributed by atoms with Crippen molar-refractivity contribution in [2.75, 3.05) is 26.0 Å². The molecule has 0 aromatic heterocycles. The van der Waals surface area contributed by atoms with Crippen LogP contribution in [-0.2, 0) is 14.8 Å². The second-order valence-electron chi connectivity index (χ2n) is 5.83. The number of rotatable bonds is 3. The van der Waals surface area contributed by atoms with E-state index >= 15 is 0 Å². The van der Waals surface area contributed by atoms with Gasteiger partial charge in [0, 0.05) is 25.2 Å². The Hall–Kier alpha value is -0.170. The summed E-state index contributed by atoms with van der Waals surface area (Å²) in [5.41, 5.74) is 6.12. The zero-order valence-corrected chi connectivity index (χ0v) is 12.1. The summed E-state index contributed by atoms with van der Waals surface area (Å²) in [5, 5.41) is 0. The molecule has 2 fully saturated rings. The van der Waals surface area contributed by atoms with Gasteiger partial charge in [-0.25, -0.2) is 12.7 Å². The fraction of sp³-hybridized carbons (Fsp3) is 1.00. The van der Waals surface area contributed by atoms with Gasteiger partial charge in [-0.15, -0.1) is 0 Å². The third-order valence-corrected chi connectivity index (χ3v) is 5.63. The van der Waals surface area contributed by atoms with E-state index in [1.54, 1.807) is 4.31 Å². The van der Waals surface area contributed by atoms with Crippen molar-refractivity contribution in [3.63, 3.8) is 0 Å². The molecule has 18 heavy (non-hydrogen) atoms. The van der Waals surface area contributed by atoms with Gasteiger partial charge in [-0.1, -0.05) is 0 Å². The van der Waals surface area contributed by atoms with Crippen LogP contribution in [0.2, 0.25) is 0 Å². The lowest BCUT2D eigenvalue weighted by molar-refractivity contribution is 0.0824. The van der Waals surface area contributed by atoms with Crippen molar-refractivity contribution < 1.29 is 13.2 Å². The highest BCUT2D eigenvalue weighted by Crippen LogP contribution is 2.33. The maximum Gasteiger partial charge on any atom is 0.211 e. The van der Waals surface area contributed by atoms with Gasteiger partial charge >= 0.3 is 0 Å². The molecule has 0 aromatic rings. The largest absolute Gasteiger partial charge is 0.377 e. The summed E-state index contributed by atoms with van der Waals surface area (Å²) in [5.74, 6) is 0.364. The minimum atomic E-state index is -3.06. The highest BCUT2D eigenvalue weighted by molar-refractivity contribution is 7.88. The van der Waals surface area contributed by atoms with E-state index < -0.39 is 10.0 Å². The first-order valence-electron chi connectivity index (χ1n) is 6.67. The van der Waals surface area contributed by atoms with E-state index in [-0.39, 0.29) is 11.6 Å². The summed E-state index contributed by atoms with van der Waals surface area (Å²) >= 11 is 0. The molecule has 2 N–H and O–H groups in total. The Morgan fingerprint density at radius 1 is 1.50 bits per heavy atom. The minimum absolute atomic E-state index is 0.0751. The van der Waals surface area contributed by atoms with E-state index in [1.165, 1.54) is 6.26 Å². The summed E-state index contributed by atoms with van der Waals surface area (Å²) in [6.45, 7) is 4.01. The van der Waals surface area contributed by atoms with Gasteiger partial charge in [-0.05, 0) is 38.5 Å². The van der Waals surface area contributed by atoms with Crippen molar-refractivity contribution in [1.82, 2.24) is 4.31 Å². The molecule has 0 amide bonds. The smallest absolute Gasteiger partial charge is 0.211 e. The van der Waals surface area contributed by atoms with Crippen LogP contribution in [0.25, 0.3) is 0 Å². The molecular weight excluding hydrogens is 252 g/mol. The molecule has 106 valence electrons. The van der Waals surface area contributed by atoms with Crippen LogP contribution < -0.4 is 5.73 Å². The highest BCUT2D eigenvalue weighted by atomic mass is 32.2. The molecular formula is C12H24N2O3S. The molecule has 6 heteroatoms. The van der Waals surface area contributed by atoms with Gasteiger partial charge in [0.25, 0.3) is 0 Å². The summed E-state index contributed by atoms with van der Waals surface area (Å²) in [4.78, 5) is 0. The SMILES string of the molecule is CC1OCCC1(N)CC1CCCN(S(C)(=O)=O)C1. The third-order valence-electron chi connectivity index (χ3n) is 4.36. The van der Waals surface area contributed by atoms with Crippen molar-refractivity contribution in [2.24, 2.45) is 11.7 Å². The molecule has 0 bridgehead atoms. The van der Waals surface area contributed by atoms with Crippen LogP contribution in [0.1, 0.15) is 32.6 Å². The Morgan fingerprint density at radius 2 is 2.22 bits per heavy atom. The number of hydrogen-bond donors (Lipinski definition) is 1. The predicted octanol–water partition coefficient (Wildman–Crippen LogP) is 0.554. The van der Waals surface area contributed by atoms with Crippen LogP contribution in [-0.4, -0.2) is 50.3 Å². The van der Waals surface area contributed by atoms with Gasteiger partial charge in [0.05, 0.1) is 12.4 Å². The third kappa shape index (κ3) is 3.04. The number of ether oxygens (including phenoxy) is 1. The number of nitrogens with zero attached hydrogens (tertiary/aromatic N) is 1. The lowest BCUT2D eigenvalue weighted by atomic mass is 9.80. The fourth-order valence-corrected chi connectivity index (χ4v) is 4.04. The maximum atomic E-state index is 11.6. The predicted molar refractivity (Wildman–Crippen MR) is 70.7 cm³/mol. The zero-order valence-electron chi connectivity index (χ0n) is 11.3. The van der Waals surface area contributed by atoms with E-state index in [9.17, 15) is 8.42 Å². The van der Waals surface area contributed by atoms with E-state index in [0.717, 1.165) is 32.3 Å². The van der Waals surface area contributed by atoms with Gasteiger partial charge < -0.3 is 10.5 Å². The first-order valence-corrected chi connectivity index (χ1v) is 8.52. The molecule has 0 aromatic carbocycles. The lowest BCUT2D eigenvalue weighted by Gasteiger charge is -2.36. The highest BCUT2D eigenvalue weighted by Gasteiger charge is 2.40.